The third kappa shape index (κ3) is 3.15. The van der Waals surface area contributed by atoms with Crippen molar-refractivity contribution in [3.8, 4) is 6.07 Å². The number of aromatic nitrogens is 1. The highest BCUT2D eigenvalue weighted by Gasteiger charge is 2.39. The summed E-state index contributed by atoms with van der Waals surface area (Å²) in [6.45, 7) is 6.47. The number of carbonyl (C=O) groups excluding carboxylic acids is 1. The fourth-order valence-corrected chi connectivity index (χ4v) is 3.14. The first-order valence-electron chi connectivity index (χ1n) is 8.10. The van der Waals surface area contributed by atoms with E-state index in [1.54, 1.807) is 0 Å². The summed E-state index contributed by atoms with van der Waals surface area (Å²) in [4.78, 5) is 18.1. The molecule has 6 nitrogen and oxygen atoms in total. The Hall–Kier alpha value is -2.13. The molecule has 23 heavy (non-hydrogen) atoms. The Bertz CT molecular complexity index is 630. The standard InChI is InChI=1S/C17H22N4O2/c1-12(2)14-4-3-13(9-18)16(20-14)21-7-5-17(6-8-21)11-19-15(22)10-23-17/h3-4,12H,5-8,10-11H2,1-2H3,(H,19,22). The van der Waals surface area contributed by atoms with E-state index >= 15 is 0 Å². The average molecular weight is 314 g/mol. The van der Waals surface area contributed by atoms with Gasteiger partial charge in [0, 0.05) is 25.3 Å². The maximum atomic E-state index is 11.3. The molecule has 0 unspecified atom stereocenters. The van der Waals surface area contributed by atoms with Gasteiger partial charge in [-0.1, -0.05) is 13.8 Å². The third-order valence-electron chi connectivity index (χ3n) is 4.70. The molecule has 2 saturated heterocycles. The summed E-state index contributed by atoms with van der Waals surface area (Å²) in [7, 11) is 0. The Morgan fingerprint density at radius 2 is 2.13 bits per heavy atom. The predicted molar refractivity (Wildman–Crippen MR) is 86.2 cm³/mol. The summed E-state index contributed by atoms with van der Waals surface area (Å²) in [5.74, 6) is 1.05. The first-order valence-corrected chi connectivity index (χ1v) is 8.10. The predicted octanol–water partition coefficient (Wildman–Crippen LogP) is 1.56. The van der Waals surface area contributed by atoms with Crippen LogP contribution in [0.25, 0.3) is 0 Å². The second-order valence-electron chi connectivity index (χ2n) is 6.61. The minimum Gasteiger partial charge on any atom is -0.363 e. The van der Waals surface area contributed by atoms with Gasteiger partial charge in [-0.05, 0) is 30.9 Å². The molecule has 2 fully saturated rings. The molecular formula is C17H22N4O2. The van der Waals surface area contributed by atoms with Crippen molar-refractivity contribution in [3.05, 3.63) is 23.4 Å². The number of nitrogens with one attached hydrogen (secondary N) is 1. The van der Waals surface area contributed by atoms with Crippen LogP contribution in [0.2, 0.25) is 0 Å². The lowest BCUT2D eigenvalue weighted by Gasteiger charge is -2.44. The van der Waals surface area contributed by atoms with Gasteiger partial charge in [0.25, 0.3) is 0 Å². The van der Waals surface area contributed by atoms with Gasteiger partial charge >= 0.3 is 0 Å². The number of pyridine rings is 1. The molecule has 0 atom stereocenters. The summed E-state index contributed by atoms with van der Waals surface area (Å²) < 4.78 is 5.80. The molecule has 1 aromatic heterocycles. The van der Waals surface area contributed by atoms with E-state index in [9.17, 15) is 10.1 Å². The molecule has 3 rings (SSSR count). The van der Waals surface area contributed by atoms with Crippen LogP contribution >= 0.6 is 0 Å². The molecule has 2 aliphatic rings. The molecule has 1 amide bonds. The number of nitriles is 1. The van der Waals surface area contributed by atoms with Crippen LogP contribution in [0.3, 0.4) is 0 Å². The minimum absolute atomic E-state index is 0.0453. The molecule has 0 aromatic carbocycles. The molecule has 1 spiro atoms. The summed E-state index contributed by atoms with van der Waals surface area (Å²) in [6.07, 6.45) is 1.65. The molecule has 122 valence electrons. The number of hydrogen-bond acceptors (Lipinski definition) is 5. The lowest BCUT2D eigenvalue weighted by atomic mass is 9.90. The van der Waals surface area contributed by atoms with Gasteiger partial charge in [0.05, 0.1) is 11.2 Å². The van der Waals surface area contributed by atoms with Gasteiger partial charge in [-0.15, -0.1) is 0 Å². The molecule has 2 aliphatic heterocycles. The van der Waals surface area contributed by atoms with Crippen LogP contribution in [0.5, 0.6) is 0 Å². The van der Waals surface area contributed by atoms with Crippen LogP contribution in [-0.4, -0.2) is 42.7 Å². The van der Waals surface area contributed by atoms with Crippen molar-refractivity contribution in [2.75, 3.05) is 31.1 Å². The van der Waals surface area contributed by atoms with Gasteiger partial charge < -0.3 is 15.0 Å². The number of rotatable bonds is 2. The van der Waals surface area contributed by atoms with E-state index in [2.05, 4.69) is 30.1 Å². The van der Waals surface area contributed by atoms with Crippen LogP contribution in [0.4, 0.5) is 5.82 Å². The second kappa shape index (κ2) is 6.17. The van der Waals surface area contributed by atoms with Gasteiger partial charge in [-0.25, -0.2) is 4.98 Å². The Balaban J connectivity index is 1.76. The Morgan fingerprint density at radius 1 is 1.39 bits per heavy atom. The number of hydrogen-bond donors (Lipinski definition) is 1. The highest BCUT2D eigenvalue weighted by atomic mass is 16.5. The van der Waals surface area contributed by atoms with Crippen LogP contribution in [0, 0.1) is 11.3 Å². The summed E-state index contributed by atoms with van der Waals surface area (Å²) in [5.41, 5.74) is 1.36. The summed E-state index contributed by atoms with van der Waals surface area (Å²) in [6, 6.07) is 6.03. The van der Waals surface area contributed by atoms with Gasteiger partial charge in [0.2, 0.25) is 5.91 Å². The zero-order valence-electron chi connectivity index (χ0n) is 13.6. The number of anilines is 1. The van der Waals surface area contributed by atoms with Crippen LogP contribution in [-0.2, 0) is 9.53 Å². The minimum atomic E-state index is -0.257. The maximum Gasteiger partial charge on any atom is 0.246 e. The van der Waals surface area contributed by atoms with Gasteiger partial charge in [0.1, 0.15) is 18.5 Å². The molecule has 0 radical (unpaired) electrons. The van der Waals surface area contributed by atoms with Gasteiger partial charge in [-0.2, -0.15) is 5.26 Å². The smallest absolute Gasteiger partial charge is 0.246 e. The zero-order chi connectivity index (χ0) is 16.4. The van der Waals surface area contributed by atoms with Gasteiger partial charge in [0.15, 0.2) is 0 Å². The van der Waals surface area contributed by atoms with Crippen molar-refractivity contribution in [1.29, 1.82) is 5.26 Å². The van der Waals surface area contributed by atoms with Crippen LogP contribution in [0.1, 0.15) is 43.9 Å². The number of amides is 1. The largest absolute Gasteiger partial charge is 0.363 e. The monoisotopic (exact) mass is 314 g/mol. The number of ether oxygens (including phenoxy) is 1. The van der Waals surface area contributed by atoms with Crippen molar-refractivity contribution >= 4 is 11.7 Å². The molecule has 0 bridgehead atoms. The lowest BCUT2D eigenvalue weighted by molar-refractivity contribution is -0.146. The van der Waals surface area contributed by atoms with Crippen molar-refractivity contribution in [1.82, 2.24) is 10.3 Å². The molecule has 6 heteroatoms. The summed E-state index contributed by atoms with van der Waals surface area (Å²) in [5, 5.41) is 12.3. The normalized spacial score (nSPS) is 20.4. The van der Waals surface area contributed by atoms with Crippen molar-refractivity contribution in [2.24, 2.45) is 0 Å². The first-order chi connectivity index (χ1) is 11.0. The fourth-order valence-electron chi connectivity index (χ4n) is 3.14. The number of nitrogens with zero attached hydrogens (tertiary/aromatic N) is 3. The van der Waals surface area contributed by atoms with Crippen LogP contribution in [0.15, 0.2) is 12.1 Å². The Morgan fingerprint density at radius 3 is 2.70 bits per heavy atom. The molecular weight excluding hydrogens is 292 g/mol. The van der Waals surface area contributed by atoms with Gasteiger partial charge in [-0.3, -0.25) is 4.79 Å². The van der Waals surface area contributed by atoms with E-state index in [1.807, 2.05) is 12.1 Å². The quantitative estimate of drug-likeness (QED) is 0.896. The van der Waals surface area contributed by atoms with E-state index < -0.39 is 0 Å². The Kier molecular flexibility index (Phi) is 4.22. The lowest BCUT2D eigenvalue weighted by Crippen LogP contribution is -2.57. The maximum absolute atomic E-state index is 11.3. The number of carbonyl (C=O) groups is 1. The van der Waals surface area contributed by atoms with E-state index in [1.165, 1.54) is 0 Å². The van der Waals surface area contributed by atoms with E-state index in [4.69, 9.17) is 9.72 Å². The molecule has 1 N–H and O–H groups in total. The summed E-state index contributed by atoms with van der Waals surface area (Å²) >= 11 is 0. The first kappa shape index (κ1) is 15.8. The van der Waals surface area contributed by atoms with Crippen LogP contribution < -0.4 is 10.2 Å². The van der Waals surface area contributed by atoms with E-state index in [0.29, 0.717) is 18.0 Å². The van der Waals surface area contributed by atoms with Crippen molar-refractivity contribution in [3.63, 3.8) is 0 Å². The molecule has 3 heterocycles. The molecule has 1 aromatic rings. The van der Waals surface area contributed by atoms with Crippen molar-refractivity contribution < 1.29 is 9.53 Å². The topological polar surface area (TPSA) is 78.2 Å². The molecule has 0 saturated carbocycles. The number of piperidine rings is 1. The second-order valence-corrected chi connectivity index (χ2v) is 6.61. The van der Waals surface area contributed by atoms with E-state index in [0.717, 1.165) is 37.4 Å². The highest BCUT2D eigenvalue weighted by molar-refractivity contribution is 5.78. The third-order valence-corrected chi connectivity index (χ3v) is 4.70. The highest BCUT2D eigenvalue weighted by Crippen LogP contribution is 2.31. The van der Waals surface area contributed by atoms with Crippen molar-refractivity contribution in [2.45, 2.75) is 38.2 Å². The molecule has 0 aliphatic carbocycles. The average Bonchev–Trinajstić information content (AvgIpc) is 2.58. The Labute approximate surface area is 136 Å². The number of morpholine rings is 1. The zero-order valence-corrected chi connectivity index (χ0v) is 13.6. The fraction of sp³-hybridized carbons (Fsp3) is 0.588. The van der Waals surface area contributed by atoms with E-state index in [-0.39, 0.29) is 18.1 Å². The SMILES string of the molecule is CC(C)c1ccc(C#N)c(N2CCC3(CC2)CNC(=O)CO3)n1.